The number of likely N-dealkylation sites (tertiary alicyclic amines) is 1. The van der Waals surface area contributed by atoms with Crippen molar-refractivity contribution in [3.05, 3.63) is 83.3 Å². The predicted octanol–water partition coefficient (Wildman–Crippen LogP) is 3.86. The first-order valence-electron chi connectivity index (χ1n) is 13.3. The van der Waals surface area contributed by atoms with Crippen LogP contribution in [0.5, 0.6) is 5.75 Å². The maximum absolute atomic E-state index is 16.0. The summed E-state index contributed by atoms with van der Waals surface area (Å²) >= 11 is 0. The van der Waals surface area contributed by atoms with Gasteiger partial charge in [-0.3, -0.25) is 29.6 Å². The van der Waals surface area contributed by atoms with E-state index in [1.54, 1.807) is 25.3 Å². The van der Waals surface area contributed by atoms with Gasteiger partial charge in [0, 0.05) is 48.9 Å². The SMILES string of the molecule is CC1c2c(ccc(-c3cc(CN4CCC(Oc5ccccc5)C4)ccn3)c2F)C(=O)N1C1CCC(=O)NC1=O. The molecule has 0 radical (unpaired) electrons. The molecule has 2 saturated heterocycles. The number of amides is 3. The Hall–Kier alpha value is -4.11. The van der Waals surface area contributed by atoms with Gasteiger partial charge >= 0.3 is 0 Å². The van der Waals surface area contributed by atoms with Gasteiger partial charge in [0.1, 0.15) is 23.7 Å². The number of halogens is 1. The molecule has 3 aromatic rings. The molecule has 1 N–H and O–H groups in total. The molecule has 3 aliphatic heterocycles. The van der Waals surface area contributed by atoms with Crippen molar-refractivity contribution in [2.45, 2.75) is 50.9 Å². The summed E-state index contributed by atoms with van der Waals surface area (Å²) in [5.74, 6) is -0.925. The van der Waals surface area contributed by atoms with Gasteiger partial charge in [0.15, 0.2) is 0 Å². The molecule has 0 saturated carbocycles. The minimum Gasteiger partial charge on any atom is -0.489 e. The number of nitrogens with one attached hydrogen (secondary N) is 1. The lowest BCUT2D eigenvalue weighted by Crippen LogP contribution is -2.53. The number of fused-ring (bicyclic) bond motifs is 1. The lowest BCUT2D eigenvalue weighted by atomic mass is 9.98. The number of aromatic nitrogens is 1. The number of piperidine rings is 1. The molecule has 2 aromatic carbocycles. The van der Waals surface area contributed by atoms with Crippen molar-refractivity contribution < 1.29 is 23.5 Å². The van der Waals surface area contributed by atoms with Crippen LogP contribution in [0.3, 0.4) is 0 Å². The number of para-hydroxylation sites is 1. The van der Waals surface area contributed by atoms with E-state index in [4.69, 9.17) is 4.74 Å². The van der Waals surface area contributed by atoms with Gasteiger partial charge in [-0.25, -0.2) is 4.39 Å². The topological polar surface area (TPSA) is 91.8 Å². The molecule has 0 bridgehead atoms. The van der Waals surface area contributed by atoms with Crippen LogP contribution in [-0.4, -0.2) is 57.7 Å². The third-order valence-electron chi connectivity index (χ3n) is 7.81. The molecule has 200 valence electrons. The number of pyridine rings is 1. The van der Waals surface area contributed by atoms with Gasteiger partial charge in [-0.05, 0) is 61.7 Å². The van der Waals surface area contributed by atoms with Crippen molar-refractivity contribution in [3.8, 4) is 17.0 Å². The highest BCUT2D eigenvalue weighted by Crippen LogP contribution is 2.41. The molecule has 0 spiro atoms. The van der Waals surface area contributed by atoms with E-state index in [1.165, 1.54) is 4.90 Å². The van der Waals surface area contributed by atoms with Crippen molar-refractivity contribution in [3.63, 3.8) is 0 Å². The average molecular weight is 529 g/mol. The van der Waals surface area contributed by atoms with Gasteiger partial charge in [-0.15, -0.1) is 0 Å². The van der Waals surface area contributed by atoms with E-state index in [2.05, 4.69) is 15.2 Å². The van der Waals surface area contributed by atoms with Gasteiger partial charge in [0.2, 0.25) is 11.8 Å². The number of nitrogens with zero attached hydrogens (tertiary/aromatic N) is 3. The summed E-state index contributed by atoms with van der Waals surface area (Å²) in [5, 5.41) is 2.29. The van der Waals surface area contributed by atoms with Crippen LogP contribution < -0.4 is 10.1 Å². The predicted molar refractivity (Wildman–Crippen MR) is 141 cm³/mol. The Morgan fingerprint density at radius 1 is 1.05 bits per heavy atom. The van der Waals surface area contributed by atoms with Crippen LogP contribution in [-0.2, 0) is 16.1 Å². The molecule has 8 nitrogen and oxygen atoms in total. The van der Waals surface area contributed by atoms with E-state index >= 15 is 4.39 Å². The van der Waals surface area contributed by atoms with Crippen LogP contribution in [0.1, 0.15) is 53.7 Å². The molecule has 1 aromatic heterocycles. The van der Waals surface area contributed by atoms with E-state index in [9.17, 15) is 14.4 Å². The molecular weight excluding hydrogens is 499 g/mol. The number of ether oxygens (including phenoxy) is 1. The van der Waals surface area contributed by atoms with Crippen molar-refractivity contribution in [2.24, 2.45) is 0 Å². The Kier molecular flexibility index (Phi) is 6.60. The summed E-state index contributed by atoms with van der Waals surface area (Å²) in [7, 11) is 0. The maximum atomic E-state index is 16.0. The number of carbonyl (C=O) groups is 3. The minimum atomic E-state index is -0.808. The number of hydrogen-bond donors (Lipinski definition) is 1. The standard InChI is InChI=1S/C30H29FN4O4/c1-18-27-23(30(38)35(18)25-9-10-26(36)33-29(25)37)8-7-22(28(27)31)24-15-19(11-13-32-24)16-34-14-12-21(17-34)39-20-5-3-2-4-6-20/h2-8,11,13,15,18,21,25H,9-10,12,14,16-17H2,1H3,(H,33,36,37). The first-order valence-corrected chi connectivity index (χ1v) is 13.3. The average Bonchev–Trinajstić information content (AvgIpc) is 3.46. The van der Waals surface area contributed by atoms with E-state index in [0.29, 0.717) is 17.8 Å². The normalized spacial score (nSPS) is 23.2. The molecule has 0 aliphatic carbocycles. The van der Waals surface area contributed by atoms with E-state index in [1.807, 2.05) is 42.5 Å². The Morgan fingerprint density at radius 2 is 1.85 bits per heavy atom. The summed E-state index contributed by atoms with van der Waals surface area (Å²) in [4.78, 5) is 45.4. The quantitative estimate of drug-likeness (QED) is 0.489. The van der Waals surface area contributed by atoms with Gasteiger partial charge in [-0.2, -0.15) is 0 Å². The fourth-order valence-electron chi connectivity index (χ4n) is 5.91. The van der Waals surface area contributed by atoms with Crippen LogP contribution >= 0.6 is 0 Å². The van der Waals surface area contributed by atoms with Gasteiger partial charge in [-0.1, -0.05) is 18.2 Å². The van der Waals surface area contributed by atoms with Crippen LogP contribution in [0, 0.1) is 5.82 Å². The van der Waals surface area contributed by atoms with Crippen molar-refractivity contribution in [1.29, 1.82) is 0 Å². The molecule has 2 fully saturated rings. The van der Waals surface area contributed by atoms with E-state index < -0.39 is 29.7 Å². The zero-order chi connectivity index (χ0) is 27.1. The number of benzene rings is 2. The smallest absolute Gasteiger partial charge is 0.255 e. The van der Waals surface area contributed by atoms with Crippen LogP contribution in [0.15, 0.2) is 60.8 Å². The molecule has 3 aliphatic rings. The number of rotatable bonds is 6. The maximum Gasteiger partial charge on any atom is 0.255 e. The van der Waals surface area contributed by atoms with Gasteiger partial charge in [0.05, 0.1) is 11.7 Å². The summed E-state index contributed by atoms with van der Waals surface area (Å²) in [5.41, 5.74) is 2.31. The third-order valence-corrected chi connectivity index (χ3v) is 7.81. The number of imide groups is 1. The highest BCUT2D eigenvalue weighted by molar-refractivity contribution is 6.06. The Bertz CT molecular complexity index is 1450. The van der Waals surface area contributed by atoms with Gasteiger partial charge in [0.25, 0.3) is 5.91 Å². The summed E-state index contributed by atoms with van der Waals surface area (Å²) in [6.07, 6.45) is 3.09. The fraction of sp³-hybridized carbons (Fsp3) is 0.333. The number of carbonyl (C=O) groups excluding carboxylic acids is 3. The van der Waals surface area contributed by atoms with Gasteiger partial charge < -0.3 is 9.64 Å². The summed E-state index contributed by atoms with van der Waals surface area (Å²) < 4.78 is 22.1. The van der Waals surface area contributed by atoms with E-state index in [-0.39, 0.29) is 36.0 Å². The Labute approximate surface area is 225 Å². The van der Waals surface area contributed by atoms with Crippen LogP contribution in [0.2, 0.25) is 0 Å². The monoisotopic (exact) mass is 528 g/mol. The highest BCUT2D eigenvalue weighted by Gasteiger charge is 2.44. The van der Waals surface area contributed by atoms with Crippen molar-refractivity contribution >= 4 is 17.7 Å². The third kappa shape index (κ3) is 4.78. The fourth-order valence-corrected chi connectivity index (χ4v) is 5.91. The van der Waals surface area contributed by atoms with E-state index in [0.717, 1.165) is 30.8 Å². The Balaban J connectivity index is 1.19. The molecule has 3 atom stereocenters. The molecule has 3 unspecified atom stereocenters. The highest BCUT2D eigenvalue weighted by atomic mass is 19.1. The second-order valence-corrected chi connectivity index (χ2v) is 10.4. The van der Waals surface area contributed by atoms with Crippen LogP contribution in [0.25, 0.3) is 11.3 Å². The molecule has 6 rings (SSSR count). The minimum absolute atomic E-state index is 0.120. The number of hydrogen-bond acceptors (Lipinski definition) is 6. The van der Waals surface area contributed by atoms with Crippen LogP contribution in [0.4, 0.5) is 4.39 Å². The lowest BCUT2D eigenvalue weighted by Gasteiger charge is -2.32. The lowest BCUT2D eigenvalue weighted by molar-refractivity contribution is -0.137. The molecular formula is C30H29FN4O4. The molecule has 9 heteroatoms. The Morgan fingerprint density at radius 3 is 2.64 bits per heavy atom. The summed E-state index contributed by atoms with van der Waals surface area (Å²) in [6, 6.07) is 15.4. The first-order chi connectivity index (χ1) is 18.9. The second-order valence-electron chi connectivity index (χ2n) is 10.4. The zero-order valence-corrected chi connectivity index (χ0v) is 21.6. The summed E-state index contributed by atoms with van der Waals surface area (Å²) in [6.45, 7) is 4.11. The second kappa shape index (κ2) is 10.2. The molecule has 3 amide bonds. The molecule has 39 heavy (non-hydrogen) atoms. The first kappa shape index (κ1) is 25.2. The zero-order valence-electron chi connectivity index (χ0n) is 21.6. The molecule has 4 heterocycles. The van der Waals surface area contributed by atoms with Crippen molar-refractivity contribution in [2.75, 3.05) is 13.1 Å². The largest absolute Gasteiger partial charge is 0.489 e. The van der Waals surface area contributed by atoms with Crippen molar-refractivity contribution in [1.82, 2.24) is 20.1 Å².